The second kappa shape index (κ2) is 5.51. The molecule has 1 aliphatic carbocycles. The Morgan fingerprint density at radius 1 is 1.47 bits per heavy atom. The summed E-state index contributed by atoms with van der Waals surface area (Å²) in [6.45, 7) is 3.94. The fourth-order valence-electron chi connectivity index (χ4n) is 2.74. The molecule has 3 nitrogen and oxygen atoms in total. The Bertz CT molecular complexity index is 485. The lowest BCUT2D eigenvalue weighted by Crippen LogP contribution is -2.51. The van der Waals surface area contributed by atoms with Crippen molar-refractivity contribution in [1.82, 2.24) is 0 Å². The van der Waals surface area contributed by atoms with Gasteiger partial charge in [-0.15, -0.1) is 0 Å². The molecular weight excluding hydrogens is 260 g/mol. The first-order valence-electron chi connectivity index (χ1n) is 6.76. The van der Waals surface area contributed by atoms with Crippen molar-refractivity contribution in [3.05, 3.63) is 28.8 Å². The van der Waals surface area contributed by atoms with Crippen LogP contribution >= 0.6 is 11.6 Å². The molecule has 1 amide bonds. The van der Waals surface area contributed by atoms with Crippen LogP contribution in [0.25, 0.3) is 0 Å². The highest BCUT2D eigenvalue weighted by molar-refractivity contribution is 6.33. The van der Waals surface area contributed by atoms with Crippen LogP contribution in [-0.4, -0.2) is 11.4 Å². The minimum Gasteiger partial charge on any atom is -0.325 e. The van der Waals surface area contributed by atoms with Crippen molar-refractivity contribution >= 4 is 23.2 Å². The van der Waals surface area contributed by atoms with Crippen molar-refractivity contribution in [2.45, 2.75) is 45.1 Å². The van der Waals surface area contributed by atoms with E-state index in [9.17, 15) is 4.79 Å². The van der Waals surface area contributed by atoms with Crippen LogP contribution in [0, 0.1) is 12.8 Å². The van der Waals surface area contributed by atoms with Gasteiger partial charge in [0.05, 0.1) is 16.6 Å². The number of carbonyl (C=O) groups is 1. The first kappa shape index (κ1) is 14.4. The van der Waals surface area contributed by atoms with Gasteiger partial charge in [0.15, 0.2) is 0 Å². The Hall–Kier alpha value is -1.06. The normalized spacial score (nSPS) is 27.1. The molecule has 0 spiro atoms. The molecule has 19 heavy (non-hydrogen) atoms. The van der Waals surface area contributed by atoms with Crippen molar-refractivity contribution in [2.75, 3.05) is 5.32 Å². The Kier molecular flexibility index (Phi) is 4.16. The number of hydrogen-bond donors (Lipinski definition) is 2. The van der Waals surface area contributed by atoms with Crippen molar-refractivity contribution < 1.29 is 4.79 Å². The van der Waals surface area contributed by atoms with E-state index < -0.39 is 5.54 Å². The first-order chi connectivity index (χ1) is 8.90. The van der Waals surface area contributed by atoms with E-state index in [1.807, 2.05) is 26.0 Å². The molecule has 104 valence electrons. The van der Waals surface area contributed by atoms with Crippen molar-refractivity contribution in [3.63, 3.8) is 0 Å². The summed E-state index contributed by atoms with van der Waals surface area (Å²) in [7, 11) is 0. The van der Waals surface area contributed by atoms with Gasteiger partial charge in [0.1, 0.15) is 0 Å². The molecule has 0 aromatic heterocycles. The number of nitrogens with two attached hydrogens (primary N) is 1. The van der Waals surface area contributed by atoms with Crippen LogP contribution in [0.3, 0.4) is 0 Å². The average Bonchev–Trinajstić information content (AvgIpc) is 2.33. The minimum atomic E-state index is -0.418. The molecule has 0 saturated heterocycles. The third-order valence-corrected chi connectivity index (χ3v) is 4.28. The lowest BCUT2D eigenvalue weighted by molar-refractivity contribution is -0.122. The zero-order chi connectivity index (χ0) is 14.0. The number of nitrogens with one attached hydrogen (secondary N) is 1. The Morgan fingerprint density at radius 3 is 2.89 bits per heavy atom. The number of carbonyl (C=O) groups excluding carboxylic acids is 1. The maximum atomic E-state index is 12.4. The largest absolute Gasteiger partial charge is 0.325 e. The van der Waals surface area contributed by atoms with Gasteiger partial charge in [-0.2, -0.15) is 0 Å². The Morgan fingerprint density at radius 2 is 2.21 bits per heavy atom. The third kappa shape index (κ3) is 3.28. The molecule has 1 saturated carbocycles. The third-order valence-electron chi connectivity index (χ3n) is 3.95. The number of amides is 1. The Balaban J connectivity index is 2.14. The summed E-state index contributed by atoms with van der Waals surface area (Å²) < 4.78 is 0. The molecule has 3 N–H and O–H groups in total. The van der Waals surface area contributed by atoms with E-state index in [2.05, 4.69) is 5.32 Å². The fraction of sp³-hybridized carbons (Fsp3) is 0.533. The minimum absolute atomic E-state index is 0.0165. The van der Waals surface area contributed by atoms with Crippen molar-refractivity contribution in [1.29, 1.82) is 0 Å². The number of benzene rings is 1. The monoisotopic (exact) mass is 280 g/mol. The molecule has 1 aliphatic rings. The van der Waals surface area contributed by atoms with E-state index in [-0.39, 0.29) is 11.8 Å². The second-order valence-electron chi connectivity index (χ2n) is 5.78. The van der Waals surface area contributed by atoms with Gasteiger partial charge in [-0.25, -0.2) is 0 Å². The molecule has 1 aromatic rings. The number of anilines is 1. The summed E-state index contributed by atoms with van der Waals surface area (Å²) in [5, 5.41) is 3.49. The zero-order valence-corrected chi connectivity index (χ0v) is 12.3. The molecular formula is C15H21ClN2O. The number of aryl methyl sites for hydroxylation is 1. The highest BCUT2D eigenvalue weighted by Gasteiger charge is 2.37. The van der Waals surface area contributed by atoms with Crippen LogP contribution in [-0.2, 0) is 4.79 Å². The summed E-state index contributed by atoms with van der Waals surface area (Å²) >= 11 is 6.10. The van der Waals surface area contributed by atoms with Gasteiger partial charge in [0.2, 0.25) is 5.91 Å². The molecule has 1 aromatic carbocycles. The van der Waals surface area contributed by atoms with Gasteiger partial charge in [0.25, 0.3) is 0 Å². The van der Waals surface area contributed by atoms with E-state index in [0.29, 0.717) is 10.7 Å². The van der Waals surface area contributed by atoms with Crippen LogP contribution in [0.5, 0.6) is 0 Å². The van der Waals surface area contributed by atoms with Crippen LogP contribution < -0.4 is 11.1 Å². The topological polar surface area (TPSA) is 55.1 Å². The van der Waals surface area contributed by atoms with Gasteiger partial charge in [0, 0.05) is 5.54 Å². The molecule has 4 heteroatoms. The molecule has 1 fully saturated rings. The number of rotatable bonds is 2. The predicted octanol–water partition coefficient (Wildman–Crippen LogP) is 3.49. The van der Waals surface area contributed by atoms with E-state index in [0.717, 1.165) is 31.2 Å². The molecule has 2 unspecified atom stereocenters. The lowest BCUT2D eigenvalue weighted by atomic mass is 9.74. The van der Waals surface area contributed by atoms with Crippen molar-refractivity contribution in [2.24, 2.45) is 11.7 Å². The fourth-order valence-corrected chi connectivity index (χ4v) is 2.91. The summed E-state index contributed by atoms with van der Waals surface area (Å²) in [4.78, 5) is 12.4. The van der Waals surface area contributed by atoms with E-state index in [1.165, 1.54) is 0 Å². The highest BCUT2D eigenvalue weighted by atomic mass is 35.5. The SMILES string of the molecule is Cc1ccc(Cl)c(NC(=O)C2CCCCC2(C)N)c1. The maximum absolute atomic E-state index is 12.4. The van der Waals surface area contributed by atoms with Crippen LogP contribution in [0.4, 0.5) is 5.69 Å². The molecule has 0 radical (unpaired) electrons. The van der Waals surface area contributed by atoms with Gasteiger partial charge in [-0.05, 0) is 44.4 Å². The summed E-state index contributed by atoms with van der Waals surface area (Å²) in [5.41, 5.74) is 7.58. The predicted molar refractivity (Wildman–Crippen MR) is 79.4 cm³/mol. The summed E-state index contributed by atoms with van der Waals surface area (Å²) in [5.74, 6) is -0.157. The lowest BCUT2D eigenvalue weighted by Gasteiger charge is -2.37. The van der Waals surface area contributed by atoms with Crippen LogP contribution in [0.1, 0.15) is 38.2 Å². The van der Waals surface area contributed by atoms with Gasteiger partial charge in [-0.1, -0.05) is 30.5 Å². The highest BCUT2D eigenvalue weighted by Crippen LogP contribution is 2.33. The second-order valence-corrected chi connectivity index (χ2v) is 6.18. The zero-order valence-electron chi connectivity index (χ0n) is 11.5. The molecule has 2 atom stereocenters. The van der Waals surface area contributed by atoms with E-state index in [1.54, 1.807) is 6.07 Å². The maximum Gasteiger partial charge on any atom is 0.229 e. The summed E-state index contributed by atoms with van der Waals surface area (Å²) in [6.07, 6.45) is 3.91. The van der Waals surface area contributed by atoms with Gasteiger partial charge < -0.3 is 11.1 Å². The quantitative estimate of drug-likeness (QED) is 0.871. The average molecular weight is 281 g/mol. The van der Waals surface area contributed by atoms with Gasteiger partial charge >= 0.3 is 0 Å². The van der Waals surface area contributed by atoms with Gasteiger partial charge in [-0.3, -0.25) is 4.79 Å². The first-order valence-corrected chi connectivity index (χ1v) is 7.14. The number of halogens is 1. The molecule has 0 bridgehead atoms. The molecule has 2 rings (SSSR count). The smallest absolute Gasteiger partial charge is 0.229 e. The summed E-state index contributed by atoms with van der Waals surface area (Å²) in [6, 6.07) is 5.61. The standard InChI is InChI=1S/C15H21ClN2O/c1-10-6-7-12(16)13(9-10)18-14(19)11-5-3-4-8-15(11,2)17/h6-7,9,11H,3-5,8,17H2,1-2H3,(H,18,19). The van der Waals surface area contributed by atoms with E-state index in [4.69, 9.17) is 17.3 Å². The number of hydrogen-bond acceptors (Lipinski definition) is 2. The Labute approximate surface area is 119 Å². The van der Waals surface area contributed by atoms with Crippen LogP contribution in [0.2, 0.25) is 5.02 Å². The van der Waals surface area contributed by atoms with E-state index >= 15 is 0 Å². The van der Waals surface area contributed by atoms with Crippen molar-refractivity contribution in [3.8, 4) is 0 Å². The van der Waals surface area contributed by atoms with Crippen LogP contribution in [0.15, 0.2) is 18.2 Å². The molecule has 0 heterocycles. The molecule has 0 aliphatic heterocycles.